The fourth-order valence-electron chi connectivity index (χ4n) is 3.38. The van der Waals surface area contributed by atoms with E-state index in [9.17, 15) is 4.79 Å². The van der Waals surface area contributed by atoms with Crippen molar-refractivity contribution in [2.75, 3.05) is 20.1 Å². The lowest BCUT2D eigenvalue weighted by atomic mass is 9.95. The highest BCUT2D eigenvalue weighted by molar-refractivity contribution is 5.82. The Morgan fingerprint density at radius 3 is 2.95 bits per heavy atom. The SMILES string of the molecule is CN1CCCCC1CNC(=O)[C@@H]1Cc2ccccc2CN1. The van der Waals surface area contributed by atoms with E-state index in [4.69, 9.17) is 0 Å². The van der Waals surface area contributed by atoms with Gasteiger partial charge >= 0.3 is 0 Å². The van der Waals surface area contributed by atoms with E-state index in [-0.39, 0.29) is 11.9 Å². The number of hydrogen-bond acceptors (Lipinski definition) is 3. The normalized spacial score (nSPS) is 26.1. The minimum Gasteiger partial charge on any atom is -0.353 e. The van der Waals surface area contributed by atoms with Gasteiger partial charge in [0, 0.05) is 19.1 Å². The highest BCUT2D eigenvalue weighted by Crippen LogP contribution is 2.17. The Morgan fingerprint density at radius 1 is 1.33 bits per heavy atom. The molecule has 2 aliphatic rings. The number of piperidine rings is 1. The van der Waals surface area contributed by atoms with Gasteiger partial charge in [-0.3, -0.25) is 4.79 Å². The Morgan fingerprint density at radius 2 is 2.14 bits per heavy atom. The minimum absolute atomic E-state index is 0.0891. The van der Waals surface area contributed by atoms with Gasteiger partial charge < -0.3 is 15.5 Å². The summed E-state index contributed by atoms with van der Waals surface area (Å²) in [4.78, 5) is 14.7. The van der Waals surface area contributed by atoms with Crippen LogP contribution in [0.3, 0.4) is 0 Å². The van der Waals surface area contributed by atoms with E-state index >= 15 is 0 Å². The third kappa shape index (κ3) is 3.44. The van der Waals surface area contributed by atoms with Crippen molar-refractivity contribution in [1.29, 1.82) is 0 Å². The van der Waals surface area contributed by atoms with Crippen molar-refractivity contribution in [1.82, 2.24) is 15.5 Å². The van der Waals surface area contributed by atoms with Crippen LogP contribution in [-0.4, -0.2) is 43.0 Å². The molecule has 114 valence electrons. The number of likely N-dealkylation sites (tertiary alicyclic amines) is 1. The smallest absolute Gasteiger partial charge is 0.237 e. The van der Waals surface area contributed by atoms with Gasteiger partial charge in [0.1, 0.15) is 0 Å². The molecule has 1 aromatic carbocycles. The van der Waals surface area contributed by atoms with Crippen LogP contribution in [-0.2, 0) is 17.8 Å². The Balaban J connectivity index is 1.52. The second kappa shape index (κ2) is 6.58. The molecule has 3 rings (SSSR count). The van der Waals surface area contributed by atoms with Crippen LogP contribution >= 0.6 is 0 Å². The van der Waals surface area contributed by atoms with Gasteiger partial charge in [-0.05, 0) is 44.0 Å². The van der Waals surface area contributed by atoms with Crippen molar-refractivity contribution in [2.24, 2.45) is 0 Å². The molecule has 4 nitrogen and oxygen atoms in total. The summed E-state index contributed by atoms with van der Waals surface area (Å²) in [6.07, 6.45) is 4.54. The van der Waals surface area contributed by atoms with Crippen molar-refractivity contribution in [3.05, 3.63) is 35.4 Å². The van der Waals surface area contributed by atoms with Crippen molar-refractivity contribution in [3.63, 3.8) is 0 Å². The molecule has 0 bridgehead atoms. The van der Waals surface area contributed by atoms with Gasteiger partial charge in [-0.2, -0.15) is 0 Å². The lowest BCUT2D eigenvalue weighted by Crippen LogP contribution is -2.51. The number of nitrogens with one attached hydrogen (secondary N) is 2. The van der Waals surface area contributed by atoms with Gasteiger partial charge in [-0.15, -0.1) is 0 Å². The Hall–Kier alpha value is -1.39. The van der Waals surface area contributed by atoms with Crippen molar-refractivity contribution in [3.8, 4) is 0 Å². The summed E-state index contributed by atoms with van der Waals surface area (Å²) >= 11 is 0. The molecule has 1 unspecified atom stereocenters. The summed E-state index contributed by atoms with van der Waals surface area (Å²) in [6.45, 7) is 2.71. The van der Waals surface area contributed by atoms with Crippen molar-refractivity contribution < 1.29 is 4.79 Å². The van der Waals surface area contributed by atoms with Crippen LogP contribution in [0, 0.1) is 0 Å². The van der Waals surface area contributed by atoms with Gasteiger partial charge in [0.25, 0.3) is 0 Å². The third-order valence-corrected chi connectivity index (χ3v) is 4.83. The zero-order chi connectivity index (χ0) is 14.7. The number of amides is 1. The summed E-state index contributed by atoms with van der Waals surface area (Å²) in [5, 5.41) is 6.49. The fraction of sp³-hybridized carbons (Fsp3) is 0.588. The lowest BCUT2D eigenvalue weighted by Gasteiger charge is -2.33. The standard InChI is InChI=1S/C17H25N3O/c1-20-9-5-4-8-15(20)12-19-17(21)16-10-13-6-2-3-7-14(13)11-18-16/h2-3,6-7,15-16,18H,4-5,8-12H2,1H3,(H,19,21)/t15?,16-/m0/s1. The number of hydrogen-bond donors (Lipinski definition) is 2. The van der Waals surface area contributed by atoms with E-state index < -0.39 is 0 Å². The quantitative estimate of drug-likeness (QED) is 0.881. The van der Waals surface area contributed by atoms with E-state index in [1.807, 2.05) is 0 Å². The lowest BCUT2D eigenvalue weighted by molar-refractivity contribution is -0.123. The zero-order valence-corrected chi connectivity index (χ0v) is 12.8. The summed E-state index contributed by atoms with van der Waals surface area (Å²) in [6, 6.07) is 8.78. The van der Waals surface area contributed by atoms with E-state index in [0.29, 0.717) is 6.04 Å². The summed E-state index contributed by atoms with van der Waals surface area (Å²) in [7, 11) is 2.16. The molecule has 2 N–H and O–H groups in total. The van der Waals surface area contributed by atoms with Crippen LogP contribution in [0.1, 0.15) is 30.4 Å². The predicted octanol–water partition coefficient (Wildman–Crippen LogP) is 1.30. The minimum atomic E-state index is -0.0891. The molecule has 1 fully saturated rings. The largest absolute Gasteiger partial charge is 0.353 e. The van der Waals surface area contributed by atoms with Gasteiger partial charge in [0.05, 0.1) is 6.04 Å². The molecule has 0 aromatic heterocycles. The summed E-state index contributed by atoms with van der Waals surface area (Å²) in [5.41, 5.74) is 2.61. The molecule has 4 heteroatoms. The van der Waals surface area contributed by atoms with Gasteiger partial charge in [0.2, 0.25) is 5.91 Å². The fourth-order valence-corrected chi connectivity index (χ4v) is 3.38. The zero-order valence-electron chi connectivity index (χ0n) is 12.8. The molecule has 2 atom stereocenters. The average Bonchev–Trinajstić information content (AvgIpc) is 2.53. The van der Waals surface area contributed by atoms with E-state index in [2.05, 4.69) is 46.8 Å². The van der Waals surface area contributed by atoms with Crippen LogP contribution in [0.5, 0.6) is 0 Å². The molecule has 1 aromatic rings. The highest BCUT2D eigenvalue weighted by atomic mass is 16.2. The summed E-state index contributed by atoms with van der Waals surface area (Å²) in [5.74, 6) is 0.142. The number of carbonyl (C=O) groups excluding carboxylic acids is 1. The molecule has 0 aliphatic carbocycles. The number of likely N-dealkylation sites (N-methyl/N-ethyl adjacent to an activating group) is 1. The Bertz CT molecular complexity index is 503. The highest BCUT2D eigenvalue weighted by Gasteiger charge is 2.25. The van der Waals surface area contributed by atoms with Gasteiger partial charge in [0.15, 0.2) is 0 Å². The number of rotatable bonds is 3. The van der Waals surface area contributed by atoms with E-state index in [1.165, 1.54) is 30.4 Å². The number of fused-ring (bicyclic) bond motifs is 1. The maximum Gasteiger partial charge on any atom is 0.237 e. The topological polar surface area (TPSA) is 44.4 Å². The van der Waals surface area contributed by atoms with E-state index in [0.717, 1.165) is 26.1 Å². The van der Waals surface area contributed by atoms with Gasteiger partial charge in [-0.25, -0.2) is 0 Å². The molecule has 2 aliphatic heterocycles. The first-order chi connectivity index (χ1) is 10.2. The van der Waals surface area contributed by atoms with Crippen LogP contribution in [0.25, 0.3) is 0 Å². The first-order valence-electron chi connectivity index (χ1n) is 8.02. The molecule has 0 radical (unpaired) electrons. The van der Waals surface area contributed by atoms with Crippen molar-refractivity contribution in [2.45, 2.75) is 44.3 Å². The molecule has 1 saturated heterocycles. The van der Waals surface area contributed by atoms with Crippen LogP contribution in [0.2, 0.25) is 0 Å². The first kappa shape index (κ1) is 14.5. The van der Waals surface area contributed by atoms with Crippen molar-refractivity contribution >= 4 is 5.91 Å². The molecule has 1 amide bonds. The average molecular weight is 287 g/mol. The van der Waals surface area contributed by atoms with E-state index in [1.54, 1.807) is 0 Å². The van der Waals surface area contributed by atoms with Crippen LogP contribution in [0.15, 0.2) is 24.3 Å². The molecule has 0 saturated carbocycles. The second-order valence-corrected chi connectivity index (χ2v) is 6.28. The molecule has 0 spiro atoms. The molecular weight excluding hydrogens is 262 g/mol. The molecule has 2 heterocycles. The molecule has 21 heavy (non-hydrogen) atoms. The first-order valence-corrected chi connectivity index (χ1v) is 8.02. The van der Waals surface area contributed by atoms with Gasteiger partial charge in [-0.1, -0.05) is 30.7 Å². The number of carbonyl (C=O) groups is 1. The van der Waals surface area contributed by atoms with Crippen LogP contribution in [0.4, 0.5) is 0 Å². The monoisotopic (exact) mass is 287 g/mol. The Labute approximate surface area is 126 Å². The number of nitrogens with zero attached hydrogens (tertiary/aromatic N) is 1. The summed E-state index contributed by atoms with van der Waals surface area (Å²) < 4.78 is 0. The second-order valence-electron chi connectivity index (χ2n) is 6.28. The third-order valence-electron chi connectivity index (χ3n) is 4.83. The maximum atomic E-state index is 12.4. The Kier molecular flexibility index (Phi) is 4.56. The molecular formula is C17H25N3O. The number of benzene rings is 1. The predicted molar refractivity (Wildman–Crippen MR) is 84.1 cm³/mol. The van der Waals surface area contributed by atoms with Crippen LogP contribution < -0.4 is 10.6 Å². The maximum absolute atomic E-state index is 12.4.